The molecule has 1 saturated carbocycles. The maximum absolute atomic E-state index is 13.7. The number of ether oxygens (including phenoxy) is 1. The fraction of sp³-hybridized carbons (Fsp3) is 0.455. The number of rotatable bonds is 4. The fourth-order valence-electron chi connectivity index (χ4n) is 4.70. The van der Waals surface area contributed by atoms with Crippen LogP contribution < -0.4 is 5.32 Å². The number of nitrogens with one attached hydrogen (secondary N) is 1. The number of nitrogens with zero attached hydrogens (tertiary/aromatic N) is 2. The third kappa shape index (κ3) is 3.13. The smallest absolute Gasteiger partial charge is 0.268 e. The van der Waals surface area contributed by atoms with Crippen LogP contribution in [0.1, 0.15) is 65.0 Å². The van der Waals surface area contributed by atoms with Gasteiger partial charge in [-0.2, -0.15) is 0 Å². The minimum absolute atomic E-state index is 0.0797. The molecular formula is C22H25N3O3S. The molecule has 0 aromatic carbocycles. The fourth-order valence-corrected chi connectivity index (χ4v) is 5.88. The number of thiophene rings is 1. The molecule has 1 fully saturated rings. The Morgan fingerprint density at radius 3 is 2.90 bits per heavy atom. The van der Waals surface area contributed by atoms with Crippen molar-refractivity contribution in [3.05, 3.63) is 46.4 Å². The van der Waals surface area contributed by atoms with Crippen molar-refractivity contribution in [1.82, 2.24) is 9.88 Å². The van der Waals surface area contributed by atoms with Gasteiger partial charge in [0.05, 0.1) is 18.6 Å². The molecule has 1 aliphatic heterocycles. The normalized spacial score (nSPS) is 20.1. The molecule has 6 nitrogen and oxygen atoms in total. The Balaban J connectivity index is 1.67. The quantitative estimate of drug-likeness (QED) is 0.636. The molecule has 0 saturated heterocycles. The number of hydrogen-bond donors (Lipinski definition) is 1. The standard InChI is InChI=1S/C22H25N3O3S/c1-13-11-14(12-27-2)17-18-19(29-21(17)23-13)22(26)25(15-7-4-3-5-8-15)20(24-18)16-9-6-10-28-16/h6,9-11,15,20,24H,3-5,7-8,12H2,1-2H3/t20-/m1/s1. The predicted molar refractivity (Wildman–Crippen MR) is 113 cm³/mol. The van der Waals surface area contributed by atoms with Gasteiger partial charge in [0, 0.05) is 24.2 Å². The van der Waals surface area contributed by atoms with E-state index in [9.17, 15) is 4.79 Å². The molecule has 0 spiro atoms. The van der Waals surface area contributed by atoms with Gasteiger partial charge in [0.2, 0.25) is 0 Å². The van der Waals surface area contributed by atoms with Gasteiger partial charge >= 0.3 is 0 Å². The number of amides is 1. The third-order valence-electron chi connectivity index (χ3n) is 5.94. The summed E-state index contributed by atoms with van der Waals surface area (Å²) in [5, 5.41) is 4.64. The lowest BCUT2D eigenvalue weighted by Gasteiger charge is -2.42. The summed E-state index contributed by atoms with van der Waals surface area (Å²) < 4.78 is 11.2. The van der Waals surface area contributed by atoms with E-state index in [-0.39, 0.29) is 18.1 Å². The second-order valence-corrected chi connectivity index (χ2v) is 8.91. The van der Waals surface area contributed by atoms with Gasteiger partial charge in [-0.25, -0.2) is 4.98 Å². The topological polar surface area (TPSA) is 67.6 Å². The lowest BCUT2D eigenvalue weighted by atomic mass is 9.92. The second-order valence-electron chi connectivity index (χ2n) is 7.91. The van der Waals surface area contributed by atoms with E-state index in [1.54, 1.807) is 13.4 Å². The molecule has 0 radical (unpaired) electrons. The zero-order valence-corrected chi connectivity index (χ0v) is 17.6. The minimum atomic E-state index is -0.303. The molecule has 29 heavy (non-hydrogen) atoms. The first kappa shape index (κ1) is 18.6. The van der Waals surface area contributed by atoms with Crippen LogP contribution in [-0.2, 0) is 11.3 Å². The van der Waals surface area contributed by atoms with Crippen LogP contribution in [0.5, 0.6) is 0 Å². The number of anilines is 1. The molecule has 0 bridgehead atoms. The van der Waals surface area contributed by atoms with Gasteiger partial charge in [-0.05, 0) is 43.5 Å². The van der Waals surface area contributed by atoms with E-state index in [2.05, 4.69) is 5.32 Å². The third-order valence-corrected chi connectivity index (χ3v) is 7.01. The van der Waals surface area contributed by atoms with Crippen LogP contribution in [0.3, 0.4) is 0 Å². The molecule has 5 rings (SSSR count). The lowest BCUT2D eigenvalue weighted by molar-refractivity contribution is 0.0501. The first-order chi connectivity index (χ1) is 14.2. The number of carbonyl (C=O) groups is 1. The van der Waals surface area contributed by atoms with Crippen molar-refractivity contribution in [3.8, 4) is 0 Å². The lowest BCUT2D eigenvalue weighted by Crippen LogP contribution is -2.48. The molecule has 7 heteroatoms. The van der Waals surface area contributed by atoms with E-state index in [1.807, 2.05) is 30.0 Å². The first-order valence-corrected chi connectivity index (χ1v) is 11.0. The highest BCUT2D eigenvalue weighted by molar-refractivity contribution is 7.21. The summed E-state index contributed by atoms with van der Waals surface area (Å²) in [4.78, 5) is 22.1. The Morgan fingerprint density at radius 1 is 1.34 bits per heavy atom. The van der Waals surface area contributed by atoms with Gasteiger partial charge < -0.3 is 19.4 Å². The number of hydrogen-bond acceptors (Lipinski definition) is 6. The van der Waals surface area contributed by atoms with Crippen LogP contribution in [-0.4, -0.2) is 28.9 Å². The average Bonchev–Trinajstić information content (AvgIpc) is 3.36. The van der Waals surface area contributed by atoms with E-state index in [0.29, 0.717) is 6.61 Å². The molecule has 152 valence electrons. The maximum atomic E-state index is 13.7. The molecule has 3 aromatic heterocycles. The summed E-state index contributed by atoms with van der Waals surface area (Å²) in [6.45, 7) is 2.46. The Labute approximate surface area is 173 Å². The zero-order chi connectivity index (χ0) is 20.0. The van der Waals surface area contributed by atoms with Gasteiger partial charge in [-0.15, -0.1) is 11.3 Å². The molecule has 1 atom stereocenters. The van der Waals surface area contributed by atoms with Gasteiger partial charge in [0.1, 0.15) is 15.5 Å². The number of aryl methyl sites for hydroxylation is 1. The molecular weight excluding hydrogens is 386 g/mol. The van der Waals surface area contributed by atoms with Crippen LogP contribution >= 0.6 is 11.3 Å². The van der Waals surface area contributed by atoms with Crippen LogP contribution in [0.4, 0.5) is 5.69 Å². The SMILES string of the molecule is COCc1cc(C)nc2sc3c(c12)N[C@@H](c1ccco1)N(C1CCCCC1)C3=O. The van der Waals surface area contributed by atoms with Crippen molar-refractivity contribution in [1.29, 1.82) is 0 Å². The second kappa shape index (κ2) is 7.46. The van der Waals surface area contributed by atoms with Gasteiger partial charge in [-0.1, -0.05) is 19.3 Å². The summed E-state index contributed by atoms with van der Waals surface area (Å²) >= 11 is 1.48. The number of pyridine rings is 1. The number of aromatic nitrogens is 1. The van der Waals surface area contributed by atoms with Crippen LogP contribution in [0.25, 0.3) is 10.2 Å². The van der Waals surface area contributed by atoms with E-state index >= 15 is 0 Å². The van der Waals surface area contributed by atoms with Crippen LogP contribution in [0.15, 0.2) is 28.9 Å². The number of carbonyl (C=O) groups excluding carboxylic acids is 1. The molecule has 3 aromatic rings. The average molecular weight is 412 g/mol. The highest BCUT2D eigenvalue weighted by atomic mass is 32.1. The predicted octanol–water partition coefficient (Wildman–Crippen LogP) is 5.24. The van der Waals surface area contributed by atoms with Crippen molar-refractivity contribution < 1.29 is 13.9 Å². The Morgan fingerprint density at radius 2 is 2.17 bits per heavy atom. The van der Waals surface area contributed by atoms with Gasteiger partial charge in [0.25, 0.3) is 5.91 Å². The summed E-state index contributed by atoms with van der Waals surface area (Å²) in [6, 6.07) is 6.09. The van der Waals surface area contributed by atoms with Crippen LogP contribution in [0, 0.1) is 6.92 Å². The number of fused-ring (bicyclic) bond motifs is 3. The zero-order valence-electron chi connectivity index (χ0n) is 16.7. The molecule has 2 aliphatic rings. The Kier molecular flexibility index (Phi) is 4.80. The van der Waals surface area contributed by atoms with Crippen LogP contribution in [0.2, 0.25) is 0 Å². The highest BCUT2D eigenvalue weighted by Gasteiger charge is 2.41. The molecule has 1 aliphatic carbocycles. The summed E-state index contributed by atoms with van der Waals surface area (Å²) in [6.07, 6.45) is 7.02. The van der Waals surface area contributed by atoms with E-state index in [1.165, 1.54) is 17.8 Å². The van der Waals surface area contributed by atoms with Gasteiger partial charge in [0.15, 0.2) is 6.17 Å². The number of methoxy groups -OCH3 is 1. The number of furan rings is 1. The van der Waals surface area contributed by atoms with Crippen molar-refractivity contribution in [2.45, 2.75) is 57.8 Å². The Hall–Kier alpha value is -2.38. The van der Waals surface area contributed by atoms with Crippen molar-refractivity contribution in [3.63, 3.8) is 0 Å². The van der Waals surface area contributed by atoms with E-state index in [0.717, 1.165) is 63.5 Å². The van der Waals surface area contributed by atoms with E-state index < -0.39 is 0 Å². The maximum Gasteiger partial charge on any atom is 0.268 e. The van der Waals surface area contributed by atoms with Crippen molar-refractivity contribution in [2.75, 3.05) is 12.4 Å². The minimum Gasteiger partial charge on any atom is -0.465 e. The van der Waals surface area contributed by atoms with Crippen molar-refractivity contribution >= 4 is 33.1 Å². The summed E-state index contributed by atoms with van der Waals surface area (Å²) in [5.74, 6) is 0.846. The summed E-state index contributed by atoms with van der Waals surface area (Å²) in [7, 11) is 1.69. The molecule has 1 N–H and O–H groups in total. The largest absolute Gasteiger partial charge is 0.465 e. The molecule has 1 amide bonds. The monoisotopic (exact) mass is 411 g/mol. The summed E-state index contributed by atoms with van der Waals surface area (Å²) in [5.41, 5.74) is 2.85. The Bertz CT molecular complexity index is 1040. The van der Waals surface area contributed by atoms with Gasteiger partial charge in [-0.3, -0.25) is 4.79 Å². The first-order valence-electron chi connectivity index (χ1n) is 10.2. The highest BCUT2D eigenvalue weighted by Crippen LogP contribution is 2.46. The molecule has 0 unspecified atom stereocenters. The van der Waals surface area contributed by atoms with E-state index in [4.69, 9.17) is 14.1 Å². The van der Waals surface area contributed by atoms with Crippen molar-refractivity contribution in [2.24, 2.45) is 0 Å². The molecule has 4 heterocycles.